The Bertz CT molecular complexity index is 504. The van der Waals surface area contributed by atoms with Crippen LogP contribution in [0.2, 0.25) is 5.02 Å². The average molecular weight is 314 g/mol. The van der Waals surface area contributed by atoms with Crippen LogP contribution >= 0.6 is 11.6 Å². The molecule has 1 atom stereocenters. The number of aliphatic carboxylic acids is 1. The highest BCUT2D eigenvalue weighted by atomic mass is 35.5. The fraction of sp³-hybridized carbons (Fsp3) is 0.467. The zero-order valence-electron chi connectivity index (χ0n) is 12.2. The van der Waals surface area contributed by atoms with Gasteiger partial charge in [0.25, 0.3) is 5.91 Å². The van der Waals surface area contributed by atoms with E-state index in [4.69, 9.17) is 21.4 Å². The molecule has 21 heavy (non-hydrogen) atoms. The highest BCUT2D eigenvalue weighted by Crippen LogP contribution is 2.25. The molecule has 0 heterocycles. The molecule has 0 fully saturated rings. The van der Waals surface area contributed by atoms with Gasteiger partial charge in [-0.2, -0.15) is 0 Å². The standard InChI is InChI=1S/C15H20ClNO4/c1-3-11(7-15(19)20)8-17-14(18)9-21-13-6-10(2)4-5-12(13)16/h4-6,11H,3,7-9H2,1-2H3,(H,17,18)(H,19,20). The predicted molar refractivity (Wildman–Crippen MR) is 80.7 cm³/mol. The number of carboxylic acids is 1. The number of carboxylic acid groups (broad SMARTS) is 1. The molecule has 0 aliphatic carbocycles. The Labute approximate surface area is 129 Å². The average Bonchev–Trinajstić information content (AvgIpc) is 2.44. The molecule has 0 aliphatic rings. The van der Waals surface area contributed by atoms with Crippen LogP contribution < -0.4 is 10.1 Å². The van der Waals surface area contributed by atoms with Gasteiger partial charge in [0.2, 0.25) is 0 Å². The van der Waals surface area contributed by atoms with Crippen LogP contribution in [0.1, 0.15) is 25.3 Å². The Morgan fingerprint density at radius 3 is 2.76 bits per heavy atom. The van der Waals surface area contributed by atoms with Gasteiger partial charge in [-0.3, -0.25) is 9.59 Å². The van der Waals surface area contributed by atoms with Crippen LogP contribution in [0, 0.1) is 12.8 Å². The Morgan fingerprint density at radius 2 is 2.14 bits per heavy atom. The molecule has 0 aromatic heterocycles. The molecule has 1 aromatic carbocycles. The van der Waals surface area contributed by atoms with Crippen molar-refractivity contribution in [2.45, 2.75) is 26.7 Å². The Balaban J connectivity index is 2.40. The molecular weight excluding hydrogens is 294 g/mol. The van der Waals surface area contributed by atoms with Crippen molar-refractivity contribution in [1.82, 2.24) is 5.32 Å². The first kappa shape index (κ1) is 17.3. The first-order valence-corrected chi connectivity index (χ1v) is 7.17. The maximum atomic E-state index is 11.7. The second kappa shape index (κ2) is 8.52. The van der Waals surface area contributed by atoms with Crippen LogP contribution in [0.5, 0.6) is 5.75 Å². The summed E-state index contributed by atoms with van der Waals surface area (Å²) in [6.07, 6.45) is 0.735. The van der Waals surface area contributed by atoms with Gasteiger partial charge in [-0.1, -0.05) is 31.0 Å². The molecule has 0 saturated heterocycles. The van der Waals surface area contributed by atoms with E-state index in [1.807, 2.05) is 19.9 Å². The molecule has 1 unspecified atom stereocenters. The highest BCUT2D eigenvalue weighted by molar-refractivity contribution is 6.32. The molecule has 0 bridgehead atoms. The molecule has 0 spiro atoms. The number of amides is 1. The fourth-order valence-corrected chi connectivity index (χ4v) is 1.95. The van der Waals surface area contributed by atoms with Crippen molar-refractivity contribution in [3.63, 3.8) is 0 Å². The largest absolute Gasteiger partial charge is 0.482 e. The van der Waals surface area contributed by atoms with Crippen molar-refractivity contribution in [2.75, 3.05) is 13.2 Å². The molecule has 116 valence electrons. The van der Waals surface area contributed by atoms with Crippen LogP contribution in [0.4, 0.5) is 0 Å². The summed E-state index contributed by atoms with van der Waals surface area (Å²) in [7, 11) is 0. The number of carbonyl (C=O) groups is 2. The molecule has 5 nitrogen and oxygen atoms in total. The molecular formula is C15H20ClNO4. The third-order valence-corrected chi connectivity index (χ3v) is 3.39. The second-order valence-corrected chi connectivity index (χ2v) is 5.31. The van der Waals surface area contributed by atoms with Crippen LogP contribution in [0.15, 0.2) is 18.2 Å². The van der Waals surface area contributed by atoms with Gasteiger partial charge in [0.1, 0.15) is 5.75 Å². The minimum absolute atomic E-state index is 0.0430. The summed E-state index contributed by atoms with van der Waals surface area (Å²) < 4.78 is 5.37. The first-order chi connectivity index (χ1) is 9.92. The van der Waals surface area contributed by atoms with Crippen molar-refractivity contribution >= 4 is 23.5 Å². The van der Waals surface area contributed by atoms with E-state index >= 15 is 0 Å². The van der Waals surface area contributed by atoms with Crippen LogP contribution in [-0.4, -0.2) is 30.1 Å². The SMILES string of the molecule is CCC(CNC(=O)COc1cc(C)ccc1Cl)CC(=O)O. The first-order valence-electron chi connectivity index (χ1n) is 6.79. The van der Waals surface area contributed by atoms with E-state index in [9.17, 15) is 9.59 Å². The zero-order valence-corrected chi connectivity index (χ0v) is 12.9. The summed E-state index contributed by atoms with van der Waals surface area (Å²) in [6.45, 7) is 3.98. The van der Waals surface area contributed by atoms with Gasteiger partial charge in [0.05, 0.1) is 5.02 Å². The Hall–Kier alpha value is -1.75. The summed E-state index contributed by atoms with van der Waals surface area (Å²) in [5.74, 6) is -0.770. The third-order valence-electron chi connectivity index (χ3n) is 3.07. The quantitative estimate of drug-likeness (QED) is 0.773. The minimum Gasteiger partial charge on any atom is -0.482 e. The number of aryl methyl sites for hydroxylation is 1. The van der Waals surface area contributed by atoms with Crippen molar-refractivity contribution in [1.29, 1.82) is 0 Å². The Kier molecular flexibility index (Phi) is 7.02. The number of carbonyl (C=O) groups excluding carboxylic acids is 1. The summed E-state index contributed by atoms with van der Waals surface area (Å²) in [5.41, 5.74) is 0.988. The highest BCUT2D eigenvalue weighted by Gasteiger charge is 2.13. The van der Waals surface area contributed by atoms with E-state index in [2.05, 4.69) is 5.32 Å². The van der Waals surface area contributed by atoms with E-state index in [0.717, 1.165) is 5.56 Å². The summed E-state index contributed by atoms with van der Waals surface area (Å²) in [5, 5.41) is 11.9. The van der Waals surface area contributed by atoms with E-state index in [-0.39, 0.29) is 24.9 Å². The number of halogens is 1. The van der Waals surface area contributed by atoms with Gasteiger partial charge in [0.15, 0.2) is 6.61 Å². The van der Waals surface area contributed by atoms with Gasteiger partial charge in [-0.15, -0.1) is 0 Å². The molecule has 6 heteroatoms. The van der Waals surface area contributed by atoms with E-state index in [1.54, 1.807) is 12.1 Å². The third kappa shape index (κ3) is 6.49. The predicted octanol–water partition coefficient (Wildman–Crippen LogP) is 2.64. The number of hydrogen-bond acceptors (Lipinski definition) is 3. The van der Waals surface area contributed by atoms with Crippen molar-refractivity contribution in [3.05, 3.63) is 28.8 Å². The van der Waals surface area contributed by atoms with E-state index in [1.165, 1.54) is 0 Å². The van der Waals surface area contributed by atoms with E-state index < -0.39 is 5.97 Å². The summed E-state index contributed by atoms with van der Waals surface area (Å²) in [6, 6.07) is 5.33. The van der Waals surface area contributed by atoms with Crippen molar-refractivity contribution in [3.8, 4) is 5.75 Å². The van der Waals surface area contributed by atoms with Crippen LogP contribution in [0.3, 0.4) is 0 Å². The molecule has 0 saturated carbocycles. The normalized spacial score (nSPS) is 11.8. The lowest BCUT2D eigenvalue weighted by Gasteiger charge is -2.14. The molecule has 0 aliphatic heterocycles. The molecule has 2 N–H and O–H groups in total. The van der Waals surface area contributed by atoms with Crippen LogP contribution in [0.25, 0.3) is 0 Å². The number of rotatable bonds is 8. The summed E-state index contributed by atoms with van der Waals surface area (Å²) in [4.78, 5) is 22.3. The van der Waals surface area contributed by atoms with Gasteiger partial charge in [0, 0.05) is 13.0 Å². The van der Waals surface area contributed by atoms with Crippen molar-refractivity contribution < 1.29 is 19.4 Å². The topological polar surface area (TPSA) is 75.6 Å². The van der Waals surface area contributed by atoms with E-state index in [0.29, 0.717) is 23.7 Å². The van der Waals surface area contributed by atoms with Gasteiger partial charge in [-0.05, 0) is 30.5 Å². The lowest BCUT2D eigenvalue weighted by molar-refractivity contribution is -0.138. The van der Waals surface area contributed by atoms with Gasteiger partial charge in [-0.25, -0.2) is 0 Å². The molecule has 1 amide bonds. The second-order valence-electron chi connectivity index (χ2n) is 4.90. The van der Waals surface area contributed by atoms with Crippen LogP contribution in [-0.2, 0) is 9.59 Å². The number of benzene rings is 1. The lowest BCUT2D eigenvalue weighted by Crippen LogP contribution is -2.33. The lowest BCUT2D eigenvalue weighted by atomic mass is 10.0. The number of ether oxygens (including phenoxy) is 1. The number of nitrogens with one attached hydrogen (secondary N) is 1. The molecule has 1 aromatic rings. The summed E-state index contributed by atoms with van der Waals surface area (Å²) >= 11 is 5.96. The fourth-order valence-electron chi connectivity index (χ4n) is 1.78. The minimum atomic E-state index is -0.862. The maximum absolute atomic E-state index is 11.7. The Morgan fingerprint density at radius 1 is 1.43 bits per heavy atom. The number of hydrogen-bond donors (Lipinski definition) is 2. The zero-order chi connectivity index (χ0) is 15.8. The van der Waals surface area contributed by atoms with Crippen molar-refractivity contribution in [2.24, 2.45) is 5.92 Å². The monoisotopic (exact) mass is 313 g/mol. The van der Waals surface area contributed by atoms with Gasteiger partial charge < -0.3 is 15.2 Å². The van der Waals surface area contributed by atoms with Gasteiger partial charge >= 0.3 is 5.97 Å². The maximum Gasteiger partial charge on any atom is 0.303 e. The molecule has 1 rings (SSSR count). The molecule has 0 radical (unpaired) electrons. The smallest absolute Gasteiger partial charge is 0.303 e.